The van der Waals surface area contributed by atoms with E-state index in [9.17, 15) is 25.0 Å². The molecular weight excluding hydrogens is 402 g/mol. The molecule has 0 N–H and O–H groups in total. The van der Waals surface area contributed by atoms with Crippen LogP contribution >= 0.6 is 0 Å². The van der Waals surface area contributed by atoms with Crippen molar-refractivity contribution in [3.05, 3.63) is 69.0 Å². The van der Waals surface area contributed by atoms with E-state index in [2.05, 4.69) is 0 Å². The molecule has 1 aliphatic heterocycles. The number of rotatable bonds is 7. The molecule has 0 unspecified atom stereocenters. The van der Waals surface area contributed by atoms with Crippen LogP contribution in [-0.4, -0.2) is 41.9 Å². The van der Waals surface area contributed by atoms with Crippen LogP contribution in [0.2, 0.25) is 0 Å². The van der Waals surface area contributed by atoms with E-state index in [0.29, 0.717) is 30.1 Å². The van der Waals surface area contributed by atoms with Gasteiger partial charge in [-0.15, -0.1) is 0 Å². The lowest BCUT2D eigenvalue weighted by Gasteiger charge is -2.27. The number of ether oxygens (including phenoxy) is 1. The highest BCUT2D eigenvalue weighted by Crippen LogP contribution is 2.30. The van der Waals surface area contributed by atoms with Crippen LogP contribution in [0.15, 0.2) is 57.5 Å². The van der Waals surface area contributed by atoms with Crippen LogP contribution in [0.5, 0.6) is 0 Å². The number of benzene rings is 1. The van der Waals surface area contributed by atoms with Crippen molar-refractivity contribution in [3.8, 4) is 17.4 Å². The number of nitro benzene ring substituents is 1. The Hall–Kier alpha value is -4.03. The number of hydrogen-bond acceptors (Lipinski definition) is 7. The highest BCUT2D eigenvalue weighted by molar-refractivity contribution is 6.19. The average molecular weight is 421 g/mol. The molecule has 158 valence electrons. The summed E-state index contributed by atoms with van der Waals surface area (Å²) in [7, 11) is 1.52. The molecule has 0 saturated heterocycles. The fourth-order valence-corrected chi connectivity index (χ4v) is 3.18. The first kappa shape index (κ1) is 21.7. The number of methoxy groups -OCH3 is 1. The molecule has 2 aromatic rings. The summed E-state index contributed by atoms with van der Waals surface area (Å²) in [5.41, 5.74) is 0.984. The highest BCUT2D eigenvalue weighted by Gasteiger charge is 2.35. The van der Waals surface area contributed by atoms with E-state index < -0.39 is 16.7 Å². The molecular formula is C22H19N3O6. The Morgan fingerprint density at radius 1 is 1.19 bits per heavy atom. The van der Waals surface area contributed by atoms with Gasteiger partial charge in [-0.3, -0.25) is 24.6 Å². The van der Waals surface area contributed by atoms with E-state index in [4.69, 9.17) is 9.15 Å². The smallest absolute Gasteiger partial charge is 0.271 e. The average Bonchev–Trinajstić information content (AvgIpc) is 3.23. The number of amides is 2. The van der Waals surface area contributed by atoms with Gasteiger partial charge in [0.1, 0.15) is 23.2 Å². The molecule has 0 bridgehead atoms. The normalized spacial score (nSPS) is 15.5. The van der Waals surface area contributed by atoms with Crippen LogP contribution in [0.25, 0.3) is 17.4 Å². The van der Waals surface area contributed by atoms with Crippen molar-refractivity contribution in [2.24, 2.45) is 0 Å². The van der Waals surface area contributed by atoms with Crippen molar-refractivity contribution in [1.82, 2.24) is 4.90 Å². The van der Waals surface area contributed by atoms with Crippen molar-refractivity contribution in [3.63, 3.8) is 0 Å². The Bertz CT molecular complexity index is 1130. The lowest BCUT2D eigenvalue weighted by atomic mass is 9.94. The topological polar surface area (TPSA) is 127 Å². The molecule has 9 heteroatoms. The number of non-ortho nitro benzene ring substituents is 1. The molecule has 3 rings (SSSR count). The minimum absolute atomic E-state index is 0.0338. The van der Waals surface area contributed by atoms with Crippen LogP contribution in [-0.2, 0) is 14.3 Å². The van der Waals surface area contributed by atoms with Crippen molar-refractivity contribution in [1.29, 1.82) is 5.26 Å². The quantitative estimate of drug-likeness (QED) is 0.220. The fraction of sp³-hybridized carbons (Fsp3) is 0.227. The zero-order valence-corrected chi connectivity index (χ0v) is 17.0. The molecule has 31 heavy (non-hydrogen) atoms. The van der Waals surface area contributed by atoms with Gasteiger partial charge in [0.25, 0.3) is 17.5 Å². The van der Waals surface area contributed by atoms with Crippen LogP contribution in [0, 0.1) is 21.4 Å². The van der Waals surface area contributed by atoms with Crippen LogP contribution in [0.3, 0.4) is 0 Å². The lowest BCUT2D eigenvalue weighted by molar-refractivity contribution is -0.384. The Kier molecular flexibility index (Phi) is 6.43. The van der Waals surface area contributed by atoms with Gasteiger partial charge in [0.15, 0.2) is 0 Å². The SMILES string of the molecule is COCCCN1C(=O)C(C#N)=C(C)/C(=C\c2ccc(-c3ccc([N+](=O)[O-])cc3)o2)C1=O. The first-order chi connectivity index (χ1) is 14.9. The Morgan fingerprint density at radius 2 is 1.90 bits per heavy atom. The van der Waals surface area contributed by atoms with Crippen LogP contribution in [0.1, 0.15) is 19.1 Å². The maximum Gasteiger partial charge on any atom is 0.271 e. The van der Waals surface area contributed by atoms with Crippen LogP contribution in [0.4, 0.5) is 5.69 Å². The largest absolute Gasteiger partial charge is 0.457 e. The maximum atomic E-state index is 12.9. The number of hydrogen-bond donors (Lipinski definition) is 0. The summed E-state index contributed by atoms with van der Waals surface area (Å²) >= 11 is 0. The molecule has 0 spiro atoms. The summed E-state index contributed by atoms with van der Waals surface area (Å²) in [5, 5.41) is 20.2. The van der Waals surface area contributed by atoms with Crippen molar-refractivity contribution in [2.45, 2.75) is 13.3 Å². The predicted molar refractivity (Wildman–Crippen MR) is 110 cm³/mol. The monoisotopic (exact) mass is 421 g/mol. The van der Waals surface area contributed by atoms with E-state index in [1.165, 1.54) is 25.3 Å². The summed E-state index contributed by atoms with van der Waals surface area (Å²) in [6, 6.07) is 11.1. The van der Waals surface area contributed by atoms with Gasteiger partial charge in [0.2, 0.25) is 0 Å². The number of nitro groups is 1. The first-order valence-electron chi connectivity index (χ1n) is 9.40. The second kappa shape index (κ2) is 9.19. The first-order valence-corrected chi connectivity index (χ1v) is 9.40. The van der Waals surface area contributed by atoms with Crippen molar-refractivity contribution < 1.29 is 23.7 Å². The zero-order valence-electron chi connectivity index (χ0n) is 17.0. The van der Waals surface area contributed by atoms with E-state index in [-0.39, 0.29) is 29.0 Å². The minimum atomic E-state index is -0.621. The van der Waals surface area contributed by atoms with Crippen molar-refractivity contribution in [2.75, 3.05) is 20.3 Å². The Morgan fingerprint density at radius 3 is 2.52 bits per heavy atom. The number of carbonyl (C=O) groups is 2. The molecule has 2 heterocycles. The molecule has 0 radical (unpaired) electrons. The number of imide groups is 1. The molecule has 0 fully saturated rings. The molecule has 9 nitrogen and oxygen atoms in total. The molecule has 0 atom stereocenters. The second-order valence-corrected chi connectivity index (χ2v) is 6.78. The fourth-order valence-electron chi connectivity index (χ4n) is 3.18. The third-order valence-electron chi connectivity index (χ3n) is 4.83. The molecule has 1 aromatic carbocycles. The van der Waals surface area contributed by atoms with Crippen molar-refractivity contribution >= 4 is 23.6 Å². The molecule has 0 saturated carbocycles. The number of nitrogens with zero attached hydrogens (tertiary/aromatic N) is 3. The van der Waals surface area contributed by atoms with E-state index >= 15 is 0 Å². The van der Waals surface area contributed by atoms with Gasteiger partial charge in [-0.2, -0.15) is 5.26 Å². The number of nitriles is 1. The standard InChI is InChI=1S/C22H19N3O6/c1-14-18(21(26)24(10-3-11-30-2)22(27)19(14)13-23)12-17-8-9-20(31-17)15-4-6-16(7-5-15)25(28)29/h4-9,12H,3,10-11H2,1-2H3/b18-12+. The summed E-state index contributed by atoms with van der Waals surface area (Å²) in [6.45, 7) is 2.05. The van der Waals surface area contributed by atoms with Gasteiger partial charge < -0.3 is 9.15 Å². The Balaban J connectivity index is 1.93. The third kappa shape index (κ3) is 4.44. The van der Waals surface area contributed by atoms with Gasteiger partial charge in [-0.25, -0.2) is 0 Å². The third-order valence-corrected chi connectivity index (χ3v) is 4.83. The highest BCUT2D eigenvalue weighted by atomic mass is 16.6. The van der Waals surface area contributed by atoms with E-state index in [1.54, 1.807) is 31.2 Å². The molecule has 1 aromatic heterocycles. The van der Waals surface area contributed by atoms with Gasteiger partial charge in [-0.1, -0.05) is 0 Å². The molecule has 1 aliphatic rings. The summed E-state index contributed by atoms with van der Waals surface area (Å²) in [6.07, 6.45) is 1.93. The summed E-state index contributed by atoms with van der Waals surface area (Å²) in [5.74, 6) is -0.324. The number of carbonyl (C=O) groups excluding carboxylic acids is 2. The molecule has 2 amide bonds. The van der Waals surface area contributed by atoms with Gasteiger partial charge in [0.05, 0.1) is 4.92 Å². The van der Waals surface area contributed by atoms with Gasteiger partial charge >= 0.3 is 0 Å². The van der Waals surface area contributed by atoms with E-state index in [1.807, 2.05) is 6.07 Å². The second-order valence-electron chi connectivity index (χ2n) is 6.78. The summed E-state index contributed by atoms with van der Waals surface area (Å²) < 4.78 is 10.7. The molecule has 0 aliphatic carbocycles. The van der Waals surface area contributed by atoms with Gasteiger partial charge in [-0.05, 0) is 49.3 Å². The number of furan rings is 1. The van der Waals surface area contributed by atoms with Gasteiger partial charge in [0, 0.05) is 43.5 Å². The van der Waals surface area contributed by atoms with E-state index in [0.717, 1.165) is 4.90 Å². The summed E-state index contributed by atoms with van der Waals surface area (Å²) in [4.78, 5) is 36.8. The van der Waals surface area contributed by atoms with Crippen LogP contribution < -0.4 is 0 Å². The maximum absolute atomic E-state index is 12.9. The zero-order chi connectivity index (χ0) is 22.5. The predicted octanol–water partition coefficient (Wildman–Crippen LogP) is 3.48. The Labute approximate surface area is 178 Å². The minimum Gasteiger partial charge on any atom is -0.457 e. The lowest BCUT2D eigenvalue weighted by Crippen LogP contribution is -2.43.